The average Bonchev–Trinajstić information content (AvgIpc) is 2.66. The zero-order valence-electron chi connectivity index (χ0n) is 15.8. The van der Waals surface area contributed by atoms with E-state index in [-0.39, 0.29) is 22.2 Å². The Morgan fingerprint density at radius 2 is 1.66 bits per heavy atom. The van der Waals surface area contributed by atoms with Crippen LogP contribution in [0.5, 0.6) is 17.2 Å². The van der Waals surface area contributed by atoms with Crippen LogP contribution in [0.3, 0.4) is 0 Å². The van der Waals surface area contributed by atoms with Crippen molar-refractivity contribution in [3.63, 3.8) is 0 Å². The number of rotatable bonds is 6. The molecule has 8 nitrogen and oxygen atoms in total. The van der Waals surface area contributed by atoms with Gasteiger partial charge < -0.3 is 24.9 Å². The second kappa shape index (κ2) is 8.92. The second-order valence-electron chi connectivity index (χ2n) is 6.43. The first kappa shape index (κ1) is 19.9. The number of pyridine rings is 1. The summed E-state index contributed by atoms with van der Waals surface area (Å²) in [5, 5.41) is 19.1. The van der Waals surface area contributed by atoms with E-state index in [9.17, 15) is 19.8 Å². The van der Waals surface area contributed by atoms with Gasteiger partial charge in [-0.25, -0.2) is 0 Å². The highest BCUT2D eigenvalue weighted by molar-refractivity contribution is 5.53. The topological polar surface area (TPSA) is 128 Å². The molecule has 0 aliphatic rings. The van der Waals surface area contributed by atoms with E-state index in [0.29, 0.717) is 23.6 Å². The van der Waals surface area contributed by atoms with Crippen molar-refractivity contribution >= 4 is 12.2 Å². The summed E-state index contributed by atoms with van der Waals surface area (Å²) in [6.45, 7) is 2.69. The first-order valence-corrected chi connectivity index (χ1v) is 9.12. The highest BCUT2D eigenvalue weighted by atomic mass is 16.5. The Bertz CT molecular complexity index is 1210. The Hall–Kier alpha value is -3.81. The normalized spacial score (nSPS) is 12.3. The number of nitrogens with zero attached hydrogens (tertiary/aromatic N) is 1. The molecule has 0 saturated carbocycles. The Balaban J connectivity index is 1.92. The number of aromatic nitrogens is 3. The van der Waals surface area contributed by atoms with Crippen LogP contribution in [-0.4, -0.2) is 31.8 Å². The van der Waals surface area contributed by atoms with Crippen LogP contribution in [0.1, 0.15) is 31.0 Å². The summed E-state index contributed by atoms with van der Waals surface area (Å²) in [4.78, 5) is 33.9. The van der Waals surface area contributed by atoms with Gasteiger partial charge in [-0.3, -0.25) is 14.6 Å². The lowest BCUT2D eigenvalue weighted by atomic mass is 10.2. The van der Waals surface area contributed by atoms with E-state index in [1.54, 1.807) is 18.3 Å². The highest BCUT2D eigenvalue weighted by Crippen LogP contribution is 2.20. The smallest absolute Gasteiger partial charge is 0.272 e. The van der Waals surface area contributed by atoms with Crippen LogP contribution in [0.4, 0.5) is 0 Å². The van der Waals surface area contributed by atoms with Crippen LogP contribution >= 0.6 is 0 Å². The number of benzene rings is 1. The zero-order chi connectivity index (χ0) is 20.8. The van der Waals surface area contributed by atoms with Gasteiger partial charge in [0.05, 0.1) is 18.5 Å². The molecule has 2 aromatic heterocycles. The van der Waals surface area contributed by atoms with E-state index in [4.69, 9.17) is 4.74 Å². The minimum Gasteiger partial charge on any atom is -0.508 e. The lowest BCUT2D eigenvalue weighted by Crippen LogP contribution is -2.46. The number of nitrogens with one attached hydrogen (secondary N) is 2. The molecule has 0 spiro atoms. The number of aromatic hydroxyl groups is 2. The number of phenolic OH excluding ortho intramolecular Hbond substituents is 2. The molecule has 1 aromatic carbocycles. The Morgan fingerprint density at radius 3 is 2.24 bits per heavy atom. The van der Waals surface area contributed by atoms with Gasteiger partial charge in [0.15, 0.2) is 0 Å². The summed E-state index contributed by atoms with van der Waals surface area (Å²) in [6, 6.07) is 7.30. The molecular formula is C21H21N3O5. The molecule has 0 saturated heterocycles. The lowest BCUT2D eigenvalue weighted by molar-refractivity contribution is 0.308. The lowest BCUT2D eigenvalue weighted by Gasteiger charge is -2.04. The third kappa shape index (κ3) is 5.35. The van der Waals surface area contributed by atoms with Crippen LogP contribution in [0.15, 0.2) is 46.1 Å². The quantitative estimate of drug-likeness (QED) is 0.455. The number of phenols is 2. The van der Waals surface area contributed by atoms with Gasteiger partial charge in [-0.1, -0.05) is 13.3 Å². The van der Waals surface area contributed by atoms with Gasteiger partial charge in [-0.2, -0.15) is 0 Å². The van der Waals surface area contributed by atoms with Crippen LogP contribution in [-0.2, 0) is 0 Å². The molecule has 0 bridgehead atoms. The van der Waals surface area contributed by atoms with E-state index in [1.165, 1.54) is 24.3 Å². The maximum Gasteiger partial charge on any atom is 0.272 e. The average molecular weight is 395 g/mol. The van der Waals surface area contributed by atoms with Crippen molar-refractivity contribution in [2.75, 3.05) is 6.61 Å². The van der Waals surface area contributed by atoms with Gasteiger partial charge in [0, 0.05) is 6.07 Å². The Kier molecular flexibility index (Phi) is 6.13. The SMILES string of the molecule is CCCCOc1ccc(C=c2[nH]c(=O)c(=Cc3cc(O)cc(O)c3)[nH]c2=O)nc1. The molecule has 4 N–H and O–H groups in total. The summed E-state index contributed by atoms with van der Waals surface area (Å²) < 4.78 is 5.54. The van der Waals surface area contributed by atoms with E-state index in [0.717, 1.165) is 18.9 Å². The molecule has 0 unspecified atom stereocenters. The predicted molar refractivity (Wildman–Crippen MR) is 108 cm³/mol. The number of aromatic amines is 2. The maximum absolute atomic E-state index is 12.3. The zero-order valence-corrected chi connectivity index (χ0v) is 15.8. The fourth-order valence-electron chi connectivity index (χ4n) is 2.61. The van der Waals surface area contributed by atoms with Crippen molar-refractivity contribution in [2.45, 2.75) is 19.8 Å². The van der Waals surface area contributed by atoms with Crippen LogP contribution in [0.25, 0.3) is 12.2 Å². The number of hydrogen-bond donors (Lipinski definition) is 4. The molecule has 0 atom stereocenters. The fraction of sp³-hybridized carbons (Fsp3) is 0.190. The molecule has 0 aliphatic carbocycles. The minimum atomic E-state index is -0.529. The monoisotopic (exact) mass is 395 g/mol. The Morgan fingerprint density at radius 1 is 1.00 bits per heavy atom. The van der Waals surface area contributed by atoms with Gasteiger partial charge in [-0.15, -0.1) is 0 Å². The van der Waals surface area contributed by atoms with Gasteiger partial charge in [0.1, 0.15) is 27.9 Å². The highest BCUT2D eigenvalue weighted by Gasteiger charge is 2.01. The van der Waals surface area contributed by atoms with Crippen LogP contribution in [0.2, 0.25) is 0 Å². The van der Waals surface area contributed by atoms with Crippen molar-refractivity contribution in [1.29, 1.82) is 0 Å². The molecule has 3 aromatic rings. The van der Waals surface area contributed by atoms with E-state index in [2.05, 4.69) is 21.9 Å². The van der Waals surface area contributed by atoms with E-state index >= 15 is 0 Å². The van der Waals surface area contributed by atoms with Gasteiger partial charge >= 0.3 is 0 Å². The summed E-state index contributed by atoms with van der Waals surface area (Å²) >= 11 is 0. The molecule has 2 heterocycles. The van der Waals surface area contributed by atoms with E-state index < -0.39 is 11.1 Å². The van der Waals surface area contributed by atoms with Crippen molar-refractivity contribution in [1.82, 2.24) is 15.0 Å². The molecule has 150 valence electrons. The predicted octanol–water partition coefficient (Wildman–Crippen LogP) is 0.706. The van der Waals surface area contributed by atoms with Crippen molar-refractivity contribution < 1.29 is 14.9 Å². The van der Waals surface area contributed by atoms with Crippen molar-refractivity contribution in [2.24, 2.45) is 0 Å². The molecular weight excluding hydrogens is 374 g/mol. The minimum absolute atomic E-state index is 0.00946. The summed E-state index contributed by atoms with van der Waals surface area (Å²) in [6.07, 6.45) is 6.36. The second-order valence-corrected chi connectivity index (χ2v) is 6.43. The molecule has 8 heteroatoms. The van der Waals surface area contributed by atoms with Crippen LogP contribution < -0.4 is 26.6 Å². The molecule has 3 rings (SSSR count). The van der Waals surface area contributed by atoms with Gasteiger partial charge in [0.25, 0.3) is 11.1 Å². The number of ether oxygens (including phenoxy) is 1. The van der Waals surface area contributed by atoms with E-state index in [1.807, 2.05) is 0 Å². The third-order valence-electron chi connectivity index (χ3n) is 4.04. The van der Waals surface area contributed by atoms with Crippen molar-refractivity contribution in [3.8, 4) is 17.2 Å². The first-order valence-electron chi connectivity index (χ1n) is 9.12. The number of hydrogen-bond acceptors (Lipinski definition) is 6. The molecule has 0 fully saturated rings. The van der Waals surface area contributed by atoms with Crippen LogP contribution in [0, 0.1) is 0 Å². The summed E-state index contributed by atoms with van der Waals surface area (Å²) in [5.74, 6) is 0.318. The molecule has 29 heavy (non-hydrogen) atoms. The Labute approximate surface area is 165 Å². The number of H-pyrrole nitrogens is 2. The third-order valence-corrected chi connectivity index (χ3v) is 4.04. The van der Waals surface area contributed by atoms with Crippen molar-refractivity contribution in [3.05, 3.63) is 79.2 Å². The summed E-state index contributed by atoms with van der Waals surface area (Å²) in [7, 11) is 0. The summed E-state index contributed by atoms with van der Waals surface area (Å²) in [5.41, 5.74) is -0.187. The standard InChI is InChI=1S/C21H21N3O5/c1-2-3-6-29-17-5-4-14(22-12-17)10-19-21(28)23-18(20(27)24-19)9-13-7-15(25)11-16(26)8-13/h4-5,7-12,25-26H,2-3,6H2,1H3,(H,23,28)(H,24,27). The van der Waals surface area contributed by atoms with Gasteiger partial charge in [0.2, 0.25) is 0 Å². The van der Waals surface area contributed by atoms with Gasteiger partial charge in [-0.05, 0) is 48.4 Å². The maximum atomic E-state index is 12.3. The molecule has 0 aliphatic heterocycles. The number of unbranched alkanes of at least 4 members (excludes halogenated alkanes) is 1. The largest absolute Gasteiger partial charge is 0.508 e. The molecule has 0 amide bonds. The molecule has 0 radical (unpaired) electrons. The fourth-order valence-corrected chi connectivity index (χ4v) is 2.61. The first-order chi connectivity index (χ1) is 13.9.